The van der Waals surface area contributed by atoms with Crippen molar-refractivity contribution in [1.29, 1.82) is 0 Å². The third kappa shape index (κ3) is 4.42. The number of hydrogen-bond donors (Lipinski definition) is 0. The maximum Gasteiger partial charge on any atom is 0.222 e. The first kappa shape index (κ1) is 15.2. The Morgan fingerprint density at radius 1 is 1.65 bits per heavy atom. The first-order valence-electron chi connectivity index (χ1n) is 7.17. The molecule has 110 valence electrons. The second kappa shape index (κ2) is 8.17. The first-order chi connectivity index (χ1) is 9.81. The number of carbonyl (C=O) groups is 1. The molecule has 4 nitrogen and oxygen atoms in total. The van der Waals surface area contributed by atoms with Gasteiger partial charge >= 0.3 is 0 Å². The molecule has 1 saturated heterocycles. The minimum atomic E-state index is 0.244. The number of nitrogens with zero attached hydrogens (tertiary/aromatic N) is 2. The van der Waals surface area contributed by atoms with Gasteiger partial charge in [0.05, 0.1) is 11.6 Å². The van der Waals surface area contributed by atoms with Gasteiger partial charge in [0, 0.05) is 43.6 Å². The van der Waals surface area contributed by atoms with E-state index in [0.29, 0.717) is 25.6 Å². The molecule has 0 unspecified atom stereocenters. The molecular formula is C15H22N2O2S. The highest BCUT2D eigenvalue weighted by Crippen LogP contribution is 2.28. The summed E-state index contributed by atoms with van der Waals surface area (Å²) < 4.78 is 5.30. The van der Waals surface area contributed by atoms with Crippen molar-refractivity contribution >= 4 is 17.2 Å². The number of carbonyl (C=O) groups excluding carboxylic acids is 1. The van der Waals surface area contributed by atoms with Crippen LogP contribution in [0.15, 0.2) is 24.2 Å². The number of rotatable bonds is 7. The van der Waals surface area contributed by atoms with Crippen LogP contribution in [0.5, 0.6) is 0 Å². The molecule has 20 heavy (non-hydrogen) atoms. The number of hydrogen-bond acceptors (Lipinski definition) is 4. The van der Waals surface area contributed by atoms with E-state index in [1.54, 1.807) is 17.4 Å². The quantitative estimate of drug-likeness (QED) is 0.573. The largest absolute Gasteiger partial charge is 0.377 e. The van der Waals surface area contributed by atoms with Crippen LogP contribution < -0.4 is 0 Å². The van der Waals surface area contributed by atoms with E-state index in [2.05, 4.69) is 11.6 Å². The molecule has 1 amide bonds. The highest BCUT2D eigenvalue weighted by Gasteiger charge is 2.25. The van der Waals surface area contributed by atoms with E-state index in [1.807, 2.05) is 16.5 Å². The molecule has 0 bridgehead atoms. The summed E-state index contributed by atoms with van der Waals surface area (Å²) in [5.41, 5.74) is 0. The Morgan fingerprint density at radius 3 is 3.30 bits per heavy atom. The van der Waals surface area contributed by atoms with Crippen molar-refractivity contribution in [3.63, 3.8) is 0 Å². The van der Waals surface area contributed by atoms with Gasteiger partial charge < -0.3 is 9.64 Å². The van der Waals surface area contributed by atoms with Gasteiger partial charge in [-0.25, -0.2) is 4.98 Å². The van der Waals surface area contributed by atoms with Gasteiger partial charge in [-0.15, -0.1) is 17.9 Å². The Hall–Kier alpha value is -1.20. The van der Waals surface area contributed by atoms with Crippen LogP contribution in [0.3, 0.4) is 0 Å². The maximum atomic E-state index is 12.2. The van der Waals surface area contributed by atoms with Gasteiger partial charge in [0.25, 0.3) is 0 Å². The van der Waals surface area contributed by atoms with Gasteiger partial charge in [-0.05, 0) is 19.3 Å². The number of piperidine rings is 1. The van der Waals surface area contributed by atoms with Crippen LogP contribution in [0.1, 0.15) is 36.6 Å². The van der Waals surface area contributed by atoms with Crippen LogP contribution in [0.2, 0.25) is 0 Å². The van der Waals surface area contributed by atoms with Crippen molar-refractivity contribution in [3.8, 4) is 0 Å². The van der Waals surface area contributed by atoms with Crippen molar-refractivity contribution in [2.24, 2.45) is 0 Å². The molecular weight excluding hydrogens is 272 g/mol. The molecule has 5 heteroatoms. The van der Waals surface area contributed by atoms with Crippen LogP contribution in [0.25, 0.3) is 0 Å². The predicted molar refractivity (Wildman–Crippen MR) is 80.9 cm³/mol. The van der Waals surface area contributed by atoms with E-state index in [0.717, 1.165) is 37.4 Å². The number of thiazole rings is 1. The van der Waals surface area contributed by atoms with E-state index in [4.69, 9.17) is 4.74 Å². The summed E-state index contributed by atoms with van der Waals surface area (Å²) in [6, 6.07) is 0. The van der Waals surface area contributed by atoms with Crippen molar-refractivity contribution in [2.45, 2.75) is 31.6 Å². The zero-order valence-electron chi connectivity index (χ0n) is 11.8. The molecule has 1 atom stereocenters. The summed E-state index contributed by atoms with van der Waals surface area (Å²) in [5, 5.41) is 3.17. The van der Waals surface area contributed by atoms with Crippen LogP contribution >= 0.6 is 11.3 Å². The Balaban J connectivity index is 1.74. The van der Waals surface area contributed by atoms with Gasteiger partial charge in [0.1, 0.15) is 0 Å². The Labute approximate surface area is 124 Å². The molecule has 0 aromatic carbocycles. The van der Waals surface area contributed by atoms with Crippen LogP contribution in [0.4, 0.5) is 0 Å². The molecule has 0 radical (unpaired) electrons. The molecule has 1 aliphatic heterocycles. The maximum absolute atomic E-state index is 12.2. The number of ether oxygens (including phenoxy) is 1. The first-order valence-corrected chi connectivity index (χ1v) is 8.05. The van der Waals surface area contributed by atoms with Gasteiger partial charge in [0.15, 0.2) is 0 Å². The standard InChI is InChI=1S/C15H22N2O2S/c1-2-9-19-10-4-6-14(18)17-8-3-5-13(12-17)15-16-7-11-20-15/h2,7,11,13H,1,3-6,8-10,12H2/t13-/m0/s1. The summed E-state index contributed by atoms with van der Waals surface area (Å²) in [7, 11) is 0. The fourth-order valence-electron chi connectivity index (χ4n) is 2.49. The molecule has 0 saturated carbocycles. The highest BCUT2D eigenvalue weighted by molar-refractivity contribution is 7.09. The summed E-state index contributed by atoms with van der Waals surface area (Å²) in [6.07, 6.45) is 7.14. The molecule has 0 spiro atoms. The lowest BCUT2D eigenvalue weighted by Gasteiger charge is -2.32. The lowest BCUT2D eigenvalue weighted by molar-refractivity contribution is -0.132. The highest BCUT2D eigenvalue weighted by atomic mass is 32.1. The molecule has 2 rings (SSSR count). The second-order valence-corrected chi connectivity index (χ2v) is 5.94. The predicted octanol–water partition coefficient (Wildman–Crippen LogP) is 2.83. The fraction of sp³-hybridized carbons (Fsp3) is 0.600. The normalized spacial score (nSPS) is 19.0. The van der Waals surface area contributed by atoms with E-state index in [-0.39, 0.29) is 5.91 Å². The van der Waals surface area contributed by atoms with Gasteiger partial charge in [-0.3, -0.25) is 4.79 Å². The van der Waals surface area contributed by atoms with E-state index in [1.165, 1.54) is 0 Å². The fourth-order valence-corrected chi connectivity index (χ4v) is 3.26. The monoisotopic (exact) mass is 294 g/mol. The summed E-state index contributed by atoms with van der Waals surface area (Å²) >= 11 is 1.69. The molecule has 0 N–H and O–H groups in total. The molecule has 1 aliphatic rings. The van der Waals surface area contributed by atoms with E-state index in [9.17, 15) is 4.79 Å². The molecule has 2 heterocycles. The van der Waals surface area contributed by atoms with E-state index < -0.39 is 0 Å². The van der Waals surface area contributed by atoms with Crippen molar-refractivity contribution in [1.82, 2.24) is 9.88 Å². The van der Waals surface area contributed by atoms with Crippen LogP contribution in [-0.2, 0) is 9.53 Å². The van der Waals surface area contributed by atoms with Crippen LogP contribution in [-0.4, -0.2) is 42.1 Å². The van der Waals surface area contributed by atoms with E-state index >= 15 is 0 Å². The zero-order chi connectivity index (χ0) is 14.2. The lowest BCUT2D eigenvalue weighted by Crippen LogP contribution is -2.39. The average Bonchev–Trinajstić information content (AvgIpc) is 3.01. The molecule has 1 fully saturated rings. The summed E-state index contributed by atoms with van der Waals surface area (Å²) in [6.45, 7) is 6.48. The molecule has 0 aliphatic carbocycles. The van der Waals surface area contributed by atoms with Crippen molar-refractivity contribution < 1.29 is 9.53 Å². The topological polar surface area (TPSA) is 42.4 Å². The zero-order valence-corrected chi connectivity index (χ0v) is 12.6. The van der Waals surface area contributed by atoms with Gasteiger partial charge in [-0.2, -0.15) is 0 Å². The average molecular weight is 294 g/mol. The number of likely N-dealkylation sites (tertiary alicyclic amines) is 1. The van der Waals surface area contributed by atoms with Crippen molar-refractivity contribution in [2.75, 3.05) is 26.3 Å². The van der Waals surface area contributed by atoms with Crippen molar-refractivity contribution in [3.05, 3.63) is 29.2 Å². The Bertz CT molecular complexity index is 420. The molecule has 1 aromatic rings. The van der Waals surface area contributed by atoms with Gasteiger partial charge in [-0.1, -0.05) is 6.08 Å². The molecule has 1 aromatic heterocycles. The summed E-state index contributed by atoms with van der Waals surface area (Å²) in [4.78, 5) is 18.5. The summed E-state index contributed by atoms with van der Waals surface area (Å²) in [5.74, 6) is 0.665. The lowest BCUT2D eigenvalue weighted by atomic mass is 9.98. The Kier molecular flexibility index (Phi) is 6.21. The minimum absolute atomic E-state index is 0.244. The Morgan fingerprint density at radius 2 is 2.55 bits per heavy atom. The number of aromatic nitrogens is 1. The third-order valence-electron chi connectivity index (χ3n) is 3.49. The van der Waals surface area contributed by atoms with Crippen LogP contribution in [0, 0.1) is 0 Å². The minimum Gasteiger partial charge on any atom is -0.377 e. The smallest absolute Gasteiger partial charge is 0.222 e. The SMILES string of the molecule is C=CCOCCCC(=O)N1CCC[C@H](c2nccs2)C1. The third-order valence-corrected chi connectivity index (χ3v) is 4.43. The number of amides is 1. The second-order valence-electron chi connectivity index (χ2n) is 5.02. The van der Waals surface area contributed by atoms with Gasteiger partial charge in [0.2, 0.25) is 5.91 Å².